The second kappa shape index (κ2) is 7.26. The third-order valence-corrected chi connectivity index (χ3v) is 3.17. The second-order valence-corrected chi connectivity index (χ2v) is 6.01. The van der Waals surface area contributed by atoms with Crippen LogP contribution in [-0.2, 0) is 4.79 Å². The Balaban J connectivity index is 2.83. The summed E-state index contributed by atoms with van der Waals surface area (Å²) < 4.78 is 0.866. The van der Waals surface area contributed by atoms with Crippen molar-refractivity contribution in [3.8, 4) is 0 Å². The Hall–Kier alpha value is -1.82. The van der Waals surface area contributed by atoms with E-state index in [-0.39, 0.29) is 11.7 Å². The van der Waals surface area contributed by atoms with Gasteiger partial charge in [0.15, 0.2) is 11.8 Å². The van der Waals surface area contributed by atoms with E-state index in [0.29, 0.717) is 17.4 Å². The van der Waals surface area contributed by atoms with Crippen LogP contribution in [0.2, 0.25) is 0 Å². The fraction of sp³-hybridized carbons (Fsp3) is 0.400. The molecule has 114 valence electrons. The Labute approximate surface area is 130 Å². The summed E-state index contributed by atoms with van der Waals surface area (Å²) in [6.07, 6.45) is 2.12. The van der Waals surface area contributed by atoms with Gasteiger partial charge in [-0.1, -0.05) is 0 Å². The summed E-state index contributed by atoms with van der Waals surface area (Å²) in [7, 11) is 0. The summed E-state index contributed by atoms with van der Waals surface area (Å²) in [6, 6.07) is 5.98. The molecule has 0 aromatic heterocycles. The summed E-state index contributed by atoms with van der Waals surface area (Å²) in [5.41, 5.74) is 0.617. The second-order valence-electron chi connectivity index (χ2n) is 5.65. The third-order valence-electron chi connectivity index (χ3n) is 2.78. The van der Waals surface area contributed by atoms with Crippen molar-refractivity contribution in [3.63, 3.8) is 0 Å². The first-order valence-electron chi connectivity index (χ1n) is 6.56. The Morgan fingerprint density at radius 1 is 1.38 bits per heavy atom. The van der Waals surface area contributed by atoms with Crippen LogP contribution in [0.1, 0.15) is 36.7 Å². The van der Waals surface area contributed by atoms with Crippen LogP contribution in [0.5, 0.6) is 0 Å². The maximum Gasteiger partial charge on any atom is 0.251 e. The van der Waals surface area contributed by atoms with E-state index in [2.05, 4.69) is 17.9 Å². The maximum absolute atomic E-state index is 11.9. The molecule has 1 N–H and O–H groups in total. The Kier molecular flexibility index (Phi) is 5.96. The maximum atomic E-state index is 11.9. The molecular formula is C15H20N2O3S. The van der Waals surface area contributed by atoms with Crippen LogP contribution in [-0.4, -0.2) is 40.5 Å². The van der Waals surface area contributed by atoms with E-state index < -0.39 is 11.6 Å². The molecule has 0 bridgehead atoms. The number of hydrogen-bond acceptors (Lipinski definition) is 4. The predicted molar refractivity (Wildman–Crippen MR) is 86.2 cm³/mol. The van der Waals surface area contributed by atoms with Crippen molar-refractivity contribution in [1.82, 2.24) is 5.32 Å². The van der Waals surface area contributed by atoms with Gasteiger partial charge in [0.05, 0.1) is 6.04 Å². The number of rotatable bonds is 5. The lowest BCUT2D eigenvalue weighted by atomic mass is 10.1. The number of carbonyl (C=O) groups excluding carboxylic acids is 2. The fourth-order valence-corrected chi connectivity index (χ4v) is 1.60. The van der Waals surface area contributed by atoms with Crippen molar-refractivity contribution in [3.05, 3.63) is 40.6 Å². The molecule has 1 aromatic rings. The smallest absolute Gasteiger partial charge is 0.251 e. The lowest BCUT2D eigenvalue weighted by Crippen LogP contribution is -2.37. The van der Waals surface area contributed by atoms with Gasteiger partial charge in [0.2, 0.25) is 0 Å². The number of aldehydes is 1. The lowest BCUT2D eigenvalue weighted by molar-refractivity contribution is -0.530. The van der Waals surface area contributed by atoms with Crippen LogP contribution >= 0.6 is 12.6 Å². The first-order valence-corrected chi connectivity index (χ1v) is 7.19. The highest BCUT2D eigenvalue weighted by Crippen LogP contribution is 2.08. The number of benzene rings is 1. The van der Waals surface area contributed by atoms with Crippen LogP contribution in [0.4, 0.5) is 0 Å². The molecule has 1 atom stereocenters. The van der Waals surface area contributed by atoms with Gasteiger partial charge in [-0.2, -0.15) is 12.6 Å². The van der Waals surface area contributed by atoms with Crippen molar-refractivity contribution >= 4 is 31.0 Å². The predicted octanol–water partition coefficient (Wildman–Crippen LogP) is 1.64. The number of nitrogens with zero attached hydrogens (tertiary/aromatic N) is 1. The van der Waals surface area contributed by atoms with Crippen LogP contribution in [0, 0.1) is 5.21 Å². The molecule has 1 rings (SSSR count). The highest BCUT2D eigenvalue weighted by Gasteiger charge is 2.18. The first-order chi connectivity index (χ1) is 9.77. The van der Waals surface area contributed by atoms with Gasteiger partial charge < -0.3 is 15.3 Å². The number of hydrogen-bond donors (Lipinski definition) is 2. The molecule has 0 spiro atoms. The van der Waals surface area contributed by atoms with E-state index in [9.17, 15) is 14.8 Å². The topological polar surface area (TPSA) is 72.2 Å². The van der Waals surface area contributed by atoms with Crippen LogP contribution in [0.25, 0.3) is 0 Å². The molecular weight excluding hydrogens is 288 g/mol. The standard InChI is InChI=1S/C15H20N2O3S/c1-15(2,3)17(20)8-11-4-6-12(7-5-11)14(19)16-13(9-18)10-21/h4-9,13,21H,10H2,1-3H3,(H,16,19)/b17-8-/t13-/m1/s1. The van der Waals surface area contributed by atoms with E-state index >= 15 is 0 Å². The summed E-state index contributed by atoms with van der Waals surface area (Å²) in [6.45, 7) is 5.44. The highest BCUT2D eigenvalue weighted by molar-refractivity contribution is 7.80. The molecule has 6 heteroatoms. The zero-order valence-electron chi connectivity index (χ0n) is 12.4. The summed E-state index contributed by atoms with van der Waals surface area (Å²) in [4.78, 5) is 22.5. The molecule has 21 heavy (non-hydrogen) atoms. The summed E-state index contributed by atoms with van der Waals surface area (Å²) in [5, 5.41) is 14.4. The molecule has 0 aliphatic carbocycles. The van der Waals surface area contributed by atoms with Gasteiger partial charge in [0.25, 0.3) is 5.91 Å². The van der Waals surface area contributed by atoms with Gasteiger partial charge in [-0.3, -0.25) is 4.79 Å². The molecule has 5 nitrogen and oxygen atoms in total. The number of nitrogens with one attached hydrogen (secondary N) is 1. The summed E-state index contributed by atoms with van der Waals surface area (Å²) >= 11 is 3.97. The molecule has 0 aliphatic heterocycles. The first kappa shape index (κ1) is 17.2. The molecule has 0 heterocycles. The quantitative estimate of drug-likeness (QED) is 0.217. The molecule has 1 aromatic carbocycles. The van der Waals surface area contributed by atoms with Crippen LogP contribution < -0.4 is 5.32 Å². The van der Waals surface area contributed by atoms with Gasteiger partial charge in [-0.05, 0) is 24.3 Å². The fourth-order valence-electron chi connectivity index (χ4n) is 1.42. The lowest BCUT2D eigenvalue weighted by Gasteiger charge is -2.18. The average molecular weight is 308 g/mol. The van der Waals surface area contributed by atoms with Gasteiger partial charge >= 0.3 is 0 Å². The van der Waals surface area contributed by atoms with Crippen LogP contribution in [0.3, 0.4) is 0 Å². The third kappa shape index (κ3) is 5.23. The van der Waals surface area contributed by atoms with Gasteiger partial charge in [-0.25, -0.2) is 4.74 Å². The Morgan fingerprint density at radius 3 is 2.38 bits per heavy atom. The minimum atomic E-state index is -0.606. The average Bonchev–Trinajstić information content (AvgIpc) is 2.44. The summed E-state index contributed by atoms with van der Waals surface area (Å²) in [5.74, 6) is -0.0971. The van der Waals surface area contributed by atoms with Gasteiger partial charge in [-0.15, -0.1) is 0 Å². The molecule has 0 fully saturated rings. The number of amides is 1. The van der Waals surface area contributed by atoms with E-state index in [1.807, 2.05) is 20.8 Å². The largest absolute Gasteiger partial charge is 0.623 e. The van der Waals surface area contributed by atoms with E-state index in [1.165, 1.54) is 6.21 Å². The monoisotopic (exact) mass is 308 g/mol. The van der Waals surface area contributed by atoms with Crippen molar-refractivity contribution in [2.24, 2.45) is 0 Å². The molecule has 0 radical (unpaired) electrons. The minimum absolute atomic E-state index is 0.248. The Bertz CT molecular complexity index is 533. The SMILES string of the molecule is CC(C)(C)/[N+]([O-])=C/c1ccc(C(=O)N[C@H](C=O)CS)cc1. The molecule has 0 saturated carbocycles. The zero-order chi connectivity index (χ0) is 16.0. The zero-order valence-corrected chi connectivity index (χ0v) is 13.3. The minimum Gasteiger partial charge on any atom is -0.623 e. The van der Waals surface area contributed by atoms with Gasteiger partial charge in [0.1, 0.15) is 6.29 Å². The normalized spacial score (nSPS) is 13.6. The van der Waals surface area contributed by atoms with Crippen LogP contribution in [0.15, 0.2) is 24.3 Å². The van der Waals surface area contributed by atoms with Gasteiger partial charge in [0, 0.05) is 37.7 Å². The molecule has 0 unspecified atom stereocenters. The number of hydroxylamine groups is 1. The molecule has 0 saturated heterocycles. The van der Waals surface area contributed by atoms with Crippen molar-refractivity contribution < 1.29 is 14.3 Å². The van der Waals surface area contributed by atoms with Crippen molar-refractivity contribution in [1.29, 1.82) is 0 Å². The van der Waals surface area contributed by atoms with Crippen molar-refractivity contribution in [2.75, 3.05) is 5.75 Å². The van der Waals surface area contributed by atoms with E-state index in [0.717, 1.165) is 4.74 Å². The van der Waals surface area contributed by atoms with E-state index in [1.54, 1.807) is 24.3 Å². The number of thiol groups is 1. The van der Waals surface area contributed by atoms with Crippen molar-refractivity contribution in [2.45, 2.75) is 32.4 Å². The molecule has 1 amide bonds. The Morgan fingerprint density at radius 2 is 1.95 bits per heavy atom. The highest BCUT2D eigenvalue weighted by atomic mass is 32.1. The molecule has 0 aliphatic rings. The van der Waals surface area contributed by atoms with E-state index in [4.69, 9.17) is 0 Å². The number of carbonyl (C=O) groups is 2.